The molecule has 0 unspecified atom stereocenters. The number of aryl methyl sites for hydroxylation is 2. The average molecular weight is 193 g/mol. The van der Waals surface area contributed by atoms with Gasteiger partial charge in [0.2, 0.25) is 0 Å². The lowest BCUT2D eigenvalue weighted by Gasteiger charge is -2.08. The van der Waals surface area contributed by atoms with Gasteiger partial charge >= 0.3 is 0 Å². The highest BCUT2D eigenvalue weighted by Gasteiger charge is 2.13. The fourth-order valence-electron chi connectivity index (χ4n) is 1.77. The summed E-state index contributed by atoms with van der Waals surface area (Å²) in [4.78, 5) is 2.87. The lowest BCUT2D eigenvalue weighted by molar-refractivity contribution is 0.697. The summed E-state index contributed by atoms with van der Waals surface area (Å²) in [5.41, 5.74) is 8.19. The molecule has 0 radical (unpaired) electrons. The summed E-state index contributed by atoms with van der Waals surface area (Å²) in [6, 6.07) is 2.29. The second-order valence-electron chi connectivity index (χ2n) is 3.57. The SMILES string of the molecule is C=C(CN)c1cc2c(s1)CCCC2. The Morgan fingerprint density at radius 2 is 2.23 bits per heavy atom. The minimum atomic E-state index is 0.583. The molecular weight excluding hydrogens is 178 g/mol. The number of rotatable bonds is 2. The Hall–Kier alpha value is -0.600. The monoisotopic (exact) mass is 193 g/mol. The molecular formula is C11H15NS. The second-order valence-corrected chi connectivity index (χ2v) is 4.71. The van der Waals surface area contributed by atoms with E-state index in [0.29, 0.717) is 6.54 Å². The Kier molecular flexibility index (Phi) is 2.51. The van der Waals surface area contributed by atoms with Gasteiger partial charge in [0, 0.05) is 16.3 Å². The molecule has 0 atom stereocenters. The standard InChI is InChI=1S/C11H15NS/c1-8(7-12)11-6-9-4-2-3-5-10(9)13-11/h6H,1-5,7,12H2. The summed E-state index contributed by atoms with van der Waals surface area (Å²) < 4.78 is 0. The van der Waals surface area contributed by atoms with Crippen LogP contribution < -0.4 is 5.73 Å². The van der Waals surface area contributed by atoms with Gasteiger partial charge in [-0.15, -0.1) is 11.3 Å². The highest BCUT2D eigenvalue weighted by atomic mass is 32.1. The molecule has 0 saturated carbocycles. The first kappa shape index (κ1) is 8.97. The predicted octanol–water partition coefficient (Wildman–Crippen LogP) is 2.60. The van der Waals surface area contributed by atoms with Crippen molar-refractivity contribution < 1.29 is 0 Å². The molecule has 0 saturated heterocycles. The number of fused-ring (bicyclic) bond motifs is 1. The van der Waals surface area contributed by atoms with Gasteiger partial charge in [-0.1, -0.05) is 6.58 Å². The zero-order chi connectivity index (χ0) is 9.26. The molecule has 2 rings (SSSR count). The van der Waals surface area contributed by atoms with Gasteiger partial charge in [-0.05, 0) is 42.9 Å². The van der Waals surface area contributed by atoms with Gasteiger partial charge in [0.15, 0.2) is 0 Å². The van der Waals surface area contributed by atoms with Gasteiger partial charge in [0.1, 0.15) is 0 Å². The van der Waals surface area contributed by atoms with E-state index in [9.17, 15) is 0 Å². The van der Waals surface area contributed by atoms with Gasteiger partial charge in [0.25, 0.3) is 0 Å². The zero-order valence-electron chi connectivity index (χ0n) is 7.81. The summed E-state index contributed by atoms with van der Waals surface area (Å²) in [7, 11) is 0. The highest BCUT2D eigenvalue weighted by molar-refractivity contribution is 7.13. The molecule has 1 aromatic rings. The Balaban J connectivity index is 2.30. The first-order valence-electron chi connectivity index (χ1n) is 4.81. The average Bonchev–Trinajstić information content (AvgIpc) is 2.59. The van der Waals surface area contributed by atoms with E-state index in [4.69, 9.17) is 5.73 Å². The summed E-state index contributed by atoms with van der Waals surface area (Å²) in [5, 5.41) is 0. The quantitative estimate of drug-likeness (QED) is 0.767. The molecule has 0 bridgehead atoms. The van der Waals surface area contributed by atoms with Crippen LogP contribution in [0, 0.1) is 0 Å². The van der Waals surface area contributed by atoms with Crippen molar-refractivity contribution in [1.82, 2.24) is 0 Å². The number of hydrogen-bond acceptors (Lipinski definition) is 2. The van der Waals surface area contributed by atoms with Crippen molar-refractivity contribution in [3.05, 3.63) is 28.0 Å². The Morgan fingerprint density at radius 1 is 1.46 bits per heavy atom. The molecule has 0 fully saturated rings. The minimum Gasteiger partial charge on any atom is -0.326 e. The van der Waals surface area contributed by atoms with Crippen LogP contribution in [0.5, 0.6) is 0 Å². The molecule has 2 heteroatoms. The molecule has 0 aromatic carbocycles. The van der Waals surface area contributed by atoms with E-state index in [-0.39, 0.29) is 0 Å². The van der Waals surface area contributed by atoms with Crippen molar-refractivity contribution in [1.29, 1.82) is 0 Å². The first-order chi connectivity index (χ1) is 6.31. The minimum absolute atomic E-state index is 0.583. The van der Waals surface area contributed by atoms with Gasteiger partial charge in [-0.2, -0.15) is 0 Å². The summed E-state index contributed by atoms with van der Waals surface area (Å²) >= 11 is 1.89. The van der Waals surface area contributed by atoms with Gasteiger partial charge in [0.05, 0.1) is 0 Å². The van der Waals surface area contributed by atoms with Crippen LogP contribution >= 0.6 is 11.3 Å². The van der Waals surface area contributed by atoms with Crippen molar-refractivity contribution in [2.75, 3.05) is 6.54 Å². The van der Waals surface area contributed by atoms with Crippen LogP contribution in [0.1, 0.15) is 28.2 Å². The van der Waals surface area contributed by atoms with Crippen molar-refractivity contribution in [2.45, 2.75) is 25.7 Å². The van der Waals surface area contributed by atoms with E-state index in [1.54, 1.807) is 10.4 Å². The van der Waals surface area contributed by atoms with Gasteiger partial charge in [-0.25, -0.2) is 0 Å². The Bertz CT molecular complexity index is 301. The molecule has 70 valence electrons. The molecule has 0 aliphatic heterocycles. The predicted molar refractivity (Wildman–Crippen MR) is 59.0 cm³/mol. The molecule has 1 heterocycles. The number of nitrogens with two attached hydrogens (primary N) is 1. The molecule has 0 spiro atoms. The van der Waals surface area contributed by atoms with Crippen molar-refractivity contribution >= 4 is 16.9 Å². The smallest absolute Gasteiger partial charge is 0.0315 e. The normalized spacial score (nSPS) is 15.5. The summed E-state index contributed by atoms with van der Waals surface area (Å²) in [5.74, 6) is 0. The van der Waals surface area contributed by atoms with Crippen LogP contribution in [-0.2, 0) is 12.8 Å². The van der Waals surface area contributed by atoms with Crippen LogP contribution in [0.2, 0.25) is 0 Å². The molecule has 1 aliphatic carbocycles. The topological polar surface area (TPSA) is 26.0 Å². The number of hydrogen-bond donors (Lipinski definition) is 1. The molecule has 0 amide bonds. The van der Waals surface area contributed by atoms with Gasteiger partial charge < -0.3 is 5.73 Å². The van der Waals surface area contributed by atoms with Crippen LogP contribution in [0.3, 0.4) is 0 Å². The lowest BCUT2D eigenvalue weighted by atomic mass is 9.99. The molecule has 13 heavy (non-hydrogen) atoms. The zero-order valence-corrected chi connectivity index (χ0v) is 8.62. The van der Waals surface area contributed by atoms with Crippen LogP contribution in [0.25, 0.3) is 5.57 Å². The van der Waals surface area contributed by atoms with Crippen LogP contribution in [-0.4, -0.2) is 6.54 Å². The van der Waals surface area contributed by atoms with E-state index >= 15 is 0 Å². The summed E-state index contributed by atoms with van der Waals surface area (Å²) in [6.45, 7) is 4.56. The maximum Gasteiger partial charge on any atom is 0.0315 e. The van der Waals surface area contributed by atoms with Crippen LogP contribution in [0.15, 0.2) is 12.6 Å². The number of thiophene rings is 1. The van der Waals surface area contributed by atoms with E-state index in [2.05, 4.69) is 12.6 Å². The van der Waals surface area contributed by atoms with E-state index in [1.165, 1.54) is 30.6 Å². The maximum absolute atomic E-state index is 5.57. The fourth-order valence-corrected chi connectivity index (χ4v) is 3.00. The Morgan fingerprint density at radius 3 is 2.92 bits per heavy atom. The van der Waals surface area contributed by atoms with Crippen molar-refractivity contribution in [3.63, 3.8) is 0 Å². The third-order valence-electron chi connectivity index (χ3n) is 2.59. The molecule has 1 nitrogen and oxygen atoms in total. The second kappa shape index (κ2) is 3.64. The largest absolute Gasteiger partial charge is 0.326 e. The van der Waals surface area contributed by atoms with E-state index in [0.717, 1.165) is 5.57 Å². The van der Waals surface area contributed by atoms with Gasteiger partial charge in [-0.3, -0.25) is 0 Å². The lowest BCUT2D eigenvalue weighted by Crippen LogP contribution is -1.99. The molecule has 1 aliphatic rings. The third-order valence-corrected chi connectivity index (χ3v) is 3.93. The molecule has 2 N–H and O–H groups in total. The Labute approximate surface area is 83.3 Å². The summed E-state index contributed by atoms with van der Waals surface area (Å²) in [6.07, 6.45) is 5.21. The van der Waals surface area contributed by atoms with Crippen molar-refractivity contribution in [2.24, 2.45) is 5.73 Å². The maximum atomic E-state index is 5.57. The molecule has 1 aromatic heterocycles. The van der Waals surface area contributed by atoms with Crippen LogP contribution in [0.4, 0.5) is 0 Å². The van der Waals surface area contributed by atoms with E-state index in [1.807, 2.05) is 11.3 Å². The third kappa shape index (κ3) is 1.69. The first-order valence-corrected chi connectivity index (χ1v) is 5.62. The van der Waals surface area contributed by atoms with E-state index < -0.39 is 0 Å². The fraction of sp³-hybridized carbons (Fsp3) is 0.455. The highest BCUT2D eigenvalue weighted by Crippen LogP contribution is 2.32. The van der Waals surface area contributed by atoms with Crippen molar-refractivity contribution in [3.8, 4) is 0 Å².